The van der Waals surface area contributed by atoms with Gasteiger partial charge in [-0.15, -0.1) is 0 Å². The highest BCUT2D eigenvalue weighted by atomic mass is 19.3. The second-order valence-corrected chi connectivity index (χ2v) is 4.69. The molecule has 1 atom stereocenters. The van der Waals surface area contributed by atoms with Gasteiger partial charge in [-0.05, 0) is 31.9 Å². The highest BCUT2D eigenvalue weighted by Crippen LogP contribution is 2.23. The Balaban J connectivity index is 2.58. The summed E-state index contributed by atoms with van der Waals surface area (Å²) in [7, 11) is 0. The molecular weight excluding hydrogens is 301 g/mol. The molecule has 124 valence electrons. The van der Waals surface area contributed by atoms with Crippen LogP contribution in [-0.2, 0) is 6.54 Å². The molecule has 1 aromatic rings. The SMILES string of the molecule is CC(CCCO)NC(=O)NCc1c(F)cccc1OC(F)F. The minimum absolute atomic E-state index is 0.0250. The van der Waals surface area contributed by atoms with Gasteiger partial charge in [0.2, 0.25) is 0 Å². The smallest absolute Gasteiger partial charge is 0.387 e. The molecule has 0 bridgehead atoms. The van der Waals surface area contributed by atoms with Crippen molar-refractivity contribution in [1.29, 1.82) is 0 Å². The molecule has 0 saturated carbocycles. The number of urea groups is 1. The first-order valence-electron chi connectivity index (χ1n) is 6.81. The third-order valence-electron chi connectivity index (χ3n) is 2.89. The van der Waals surface area contributed by atoms with Crippen LogP contribution >= 0.6 is 0 Å². The number of halogens is 3. The number of aliphatic hydroxyl groups is 1. The summed E-state index contributed by atoms with van der Waals surface area (Å²) in [6.07, 6.45) is 1.13. The van der Waals surface area contributed by atoms with Crippen molar-refractivity contribution in [1.82, 2.24) is 10.6 Å². The van der Waals surface area contributed by atoms with Crippen LogP contribution in [0.25, 0.3) is 0 Å². The predicted octanol–water partition coefficient (Wildman–Crippen LogP) is 2.39. The quantitative estimate of drug-likeness (QED) is 0.689. The van der Waals surface area contributed by atoms with Crippen LogP contribution in [0.4, 0.5) is 18.0 Å². The van der Waals surface area contributed by atoms with Gasteiger partial charge in [-0.1, -0.05) is 6.07 Å². The van der Waals surface area contributed by atoms with E-state index in [1.807, 2.05) is 0 Å². The van der Waals surface area contributed by atoms with Crippen LogP contribution in [0.5, 0.6) is 5.75 Å². The molecular formula is C14H19F3N2O3. The molecule has 22 heavy (non-hydrogen) atoms. The summed E-state index contributed by atoms with van der Waals surface area (Å²) in [5.41, 5.74) is -0.152. The molecule has 0 radical (unpaired) electrons. The number of benzene rings is 1. The van der Waals surface area contributed by atoms with E-state index in [9.17, 15) is 18.0 Å². The van der Waals surface area contributed by atoms with Crippen molar-refractivity contribution in [2.45, 2.75) is 39.0 Å². The number of aliphatic hydroxyl groups excluding tert-OH is 1. The van der Waals surface area contributed by atoms with E-state index in [0.717, 1.165) is 6.07 Å². The maximum atomic E-state index is 13.7. The van der Waals surface area contributed by atoms with E-state index in [2.05, 4.69) is 15.4 Å². The molecule has 5 nitrogen and oxygen atoms in total. The van der Waals surface area contributed by atoms with Gasteiger partial charge >= 0.3 is 12.6 Å². The molecule has 8 heteroatoms. The van der Waals surface area contributed by atoms with Crippen LogP contribution in [0.15, 0.2) is 18.2 Å². The fourth-order valence-electron chi connectivity index (χ4n) is 1.83. The zero-order valence-corrected chi connectivity index (χ0v) is 12.1. The minimum atomic E-state index is -3.08. The van der Waals surface area contributed by atoms with Crippen molar-refractivity contribution in [3.63, 3.8) is 0 Å². The summed E-state index contributed by atoms with van der Waals surface area (Å²) in [6.45, 7) is -1.58. The Labute approximate surface area is 126 Å². The van der Waals surface area contributed by atoms with Crippen LogP contribution in [0, 0.1) is 5.82 Å². The largest absolute Gasteiger partial charge is 0.434 e. The Morgan fingerprint density at radius 1 is 1.41 bits per heavy atom. The summed E-state index contributed by atoms with van der Waals surface area (Å²) in [5, 5.41) is 13.7. The van der Waals surface area contributed by atoms with E-state index in [1.165, 1.54) is 12.1 Å². The van der Waals surface area contributed by atoms with Crippen molar-refractivity contribution in [2.24, 2.45) is 0 Å². The number of hydrogen-bond donors (Lipinski definition) is 3. The number of hydrogen-bond acceptors (Lipinski definition) is 3. The zero-order valence-electron chi connectivity index (χ0n) is 12.1. The van der Waals surface area contributed by atoms with Crippen LogP contribution in [0.1, 0.15) is 25.3 Å². The van der Waals surface area contributed by atoms with E-state index < -0.39 is 18.5 Å². The van der Waals surface area contributed by atoms with Crippen LogP contribution in [0.2, 0.25) is 0 Å². The Bertz CT molecular complexity index is 486. The van der Waals surface area contributed by atoms with Gasteiger partial charge in [0.25, 0.3) is 0 Å². The molecule has 0 saturated heterocycles. The lowest BCUT2D eigenvalue weighted by molar-refractivity contribution is -0.0506. The molecule has 1 rings (SSSR count). The molecule has 2 amide bonds. The second-order valence-electron chi connectivity index (χ2n) is 4.69. The van der Waals surface area contributed by atoms with Gasteiger partial charge in [0.15, 0.2) is 0 Å². The van der Waals surface area contributed by atoms with E-state index >= 15 is 0 Å². The molecule has 0 fully saturated rings. The average molecular weight is 320 g/mol. The summed E-state index contributed by atoms with van der Waals surface area (Å²) < 4.78 is 42.4. The van der Waals surface area contributed by atoms with Gasteiger partial charge in [0, 0.05) is 18.2 Å². The van der Waals surface area contributed by atoms with Crippen LogP contribution < -0.4 is 15.4 Å². The number of amides is 2. The average Bonchev–Trinajstić information content (AvgIpc) is 2.43. The first-order chi connectivity index (χ1) is 10.4. The van der Waals surface area contributed by atoms with Crippen LogP contribution in [-0.4, -0.2) is 30.4 Å². The van der Waals surface area contributed by atoms with Gasteiger partial charge in [0.05, 0.1) is 6.54 Å². The van der Waals surface area contributed by atoms with Crippen LogP contribution in [0.3, 0.4) is 0 Å². The Kier molecular flexibility index (Phi) is 7.51. The third-order valence-corrected chi connectivity index (χ3v) is 2.89. The molecule has 0 aliphatic carbocycles. The first kappa shape index (κ1) is 18.1. The molecule has 0 aliphatic rings. The highest BCUT2D eigenvalue weighted by Gasteiger charge is 2.15. The van der Waals surface area contributed by atoms with Crippen molar-refractivity contribution in [2.75, 3.05) is 6.61 Å². The second kappa shape index (κ2) is 9.14. The summed E-state index contributed by atoms with van der Waals surface area (Å²) in [4.78, 5) is 11.6. The van der Waals surface area contributed by atoms with Gasteiger partial charge < -0.3 is 20.5 Å². The molecule has 0 heterocycles. The standard InChI is InChI=1S/C14H19F3N2O3/c1-9(4-3-7-20)19-14(21)18-8-10-11(15)5-2-6-12(10)22-13(16)17/h2,5-6,9,13,20H,3-4,7-8H2,1H3,(H2,18,19,21). The fraction of sp³-hybridized carbons (Fsp3) is 0.500. The predicted molar refractivity (Wildman–Crippen MR) is 74.2 cm³/mol. The lowest BCUT2D eigenvalue weighted by Crippen LogP contribution is -2.40. The van der Waals surface area contributed by atoms with Gasteiger partial charge in [-0.2, -0.15) is 8.78 Å². The Morgan fingerprint density at radius 2 is 2.14 bits per heavy atom. The summed E-state index contributed by atoms with van der Waals surface area (Å²) >= 11 is 0. The van der Waals surface area contributed by atoms with Gasteiger partial charge in [-0.3, -0.25) is 0 Å². The molecule has 0 aromatic heterocycles. The van der Waals surface area contributed by atoms with Gasteiger partial charge in [0.1, 0.15) is 11.6 Å². The van der Waals surface area contributed by atoms with E-state index in [4.69, 9.17) is 5.11 Å². The molecule has 1 unspecified atom stereocenters. The summed E-state index contributed by atoms with van der Waals surface area (Å²) in [5.74, 6) is -1.06. The molecule has 0 spiro atoms. The number of nitrogens with one attached hydrogen (secondary N) is 2. The van der Waals surface area contributed by atoms with Crippen molar-refractivity contribution in [3.05, 3.63) is 29.6 Å². The first-order valence-corrected chi connectivity index (χ1v) is 6.81. The maximum Gasteiger partial charge on any atom is 0.387 e. The van der Waals surface area contributed by atoms with Crippen molar-refractivity contribution < 1.29 is 27.8 Å². The Hall–Kier alpha value is -1.96. The van der Waals surface area contributed by atoms with Gasteiger partial charge in [-0.25, -0.2) is 9.18 Å². The number of alkyl halides is 2. The number of carbonyl (C=O) groups excluding carboxylic acids is 1. The van der Waals surface area contributed by atoms with Crippen molar-refractivity contribution >= 4 is 6.03 Å². The minimum Gasteiger partial charge on any atom is -0.434 e. The summed E-state index contributed by atoms with van der Waals surface area (Å²) in [6, 6.07) is 2.81. The number of carbonyl (C=O) groups is 1. The lowest BCUT2D eigenvalue weighted by atomic mass is 10.2. The Morgan fingerprint density at radius 3 is 2.77 bits per heavy atom. The van der Waals surface area contributed by atoms with Crippen molar-refractivity contribution in [3.8, 4) is 5.75 Å². The molecule has 1 aromatic carbocycles. The fourth-order valence-corrected chi connectivity index (χ4v) is 1.83. The lowest BCUT2D eigenvalue weighted by Gasteiger charge is -2.15. The number of rotatable bonds is 8. The third kappa shape index (κ3) is 6.21. The topological polar surface area (TPSA) is 70.6 Å². The van der Waals surface area contributed by atoms with E-state index in [-0.39, 0.29) is 30.5 Å². The highest BCUT2D eigenvalue weighted by molar-refractivity contribution is 5.74. The molecule has 3 N–H and O–H groups in total. The van der Waals surface area contributed by atoms with E-state index in [1.54, 1.807) is 6.92 Å². The molecule has 0 aliphatic heterocycles. The zero-order chi connectivity index (χ0) is 16.5. The van der Waals surface area contributed by atoms with E-state index in [0.29, 0.717) is 12.8 Å². The monoisotopic (exact) mass is 320 g/mol. The number of ether oxygens (including phenoxy) is 1. The maximum absolute atomic E-state index is 13.7. The normalized spacial score (nSPS) is 12.1.